The molecule has 0 amide bonds. The molecule has 33 heavy (non-hydrogen) atoms. The van der Waals surface area contributed by atoms with Crippen LogP contribution in [0.25, 0.3) is 0 Å². The van der Waals surface area contributed by atoms with Gasteiger partial charge in [-0.2, -0.15) is 0 Å². The first kappa shape index (κ1) is 24.9. The number of esters is 2. The summed E-state index contributed by atoms with van der Waals surface area (Å²) in [7, 11) is 0. The smallest absolute Gasteiger partial charge is 0.332 e. The number of fused-ring (bicyclic) bond motifs is 2. The molecule has 2 heterocycles. The fraction of sp³-hybridized carbons (Fsp3) is 0.556. The molecule has 6 heteroatoms. The van der Waals surface area contributed by atoms with Gasteiger partial charge in [-0.1, -0.05) is 11.6 Å². The van der Waals surface area contributed by atoms with E-state index in [0.29, 0.717) is 18.9 Å². The second-order valence-corrected chi connectivity index (χ2v) is 10.5. The van der Waals surface area contributed by atoms with Gasteiger partial charge in [0, 0.05) is 34.6 Å². The summed E-state index contributed by atoms with van der Waals surface area (Å²) in [5.74, 6) is -0.728. The van der Waals surface area contributed by atoms with Crippen LogP contribution in [0.5, 0.6) is 0 Å². The first-order valence-electron chi connectivity index (χ1n) is 11.8. The van der Waals surface area contributed by atoms with E-state index in [-0.39, 0.29) is 23.0 Å². The monoisotopic (exact) mass is 454 g/mol. The number of hydrogen-bond acceptors (Lipinski definition) is 6. The molecule has 0 aromatic carbocycles. The Labute approximate surface area is 197 Å². The molecule has 0 radical (unpaired) electrons. The predicted molar refractivity (Wildman–Crippen MR) is 130 cm³/mol. The van der Waals surface area contributed by atoms with Crippen LogP contribution in [-0.2, 0) is 19.1 Å². The van der Waals surface area contributed by atoms with E-state index in [4.69, 9.17) is 9.47 Å². The summed E-state index contributed by atoms with van der Waals surface area (Å²) in [6.07, 6.45) is 9.01. The van der Waals surface area contributed by atoms with Gasteiger partial charge in [0.05, 0.1) is 18.6 Å². The summed E-state index contributed by atoms with van der Waals surface area (Å²) in [5.41, 5.74) is 5.25. The Balaban J connectivity index is 2.28. The maximum atomic E-state index is 12.5. The van der Waals surface area contributed by atoms with Crippen LogP contribution < -0.4 is 10.6 Å². The SMILES string of the molecule is CCOC(=O)/C=C1/C=C2C(=C(C)C=C(C)[C@]23CC(C)(C)N/C3=C\C(=O)OCC)CC(C)(C)N1. The van der Waals surface area contributed by atoms with Crippen LogP contribution in [0.3, 0.4) is 0 Å². The zero-order valence-corrected chi connectivity index (χ0v) is 21.3. The molecule has 1 atom stereocenters. The molecule has 3 aliphatic rings. The van der Waals surface area contributed by atoms with E-state index in [0.717, 1.165) is 24.1 Å². The highest BCUT2D eigenvalue weighted by molar-refractivity contribution is 5.85. The molecular formula is C27H38N2O4. The second kappa shape index (κ2) is 8.88. The lowest BCUT2D eigenvalue weighted by atomic mass is 9.62. The number of nitrogens with one attached hydrogen (secondary N) is 2. The van der Waals surface area contributed by atoms with Crippen molar-refractivity contribution in [2.45, 2.75) is 79.3 Å². The zero-order chi connectivity index (χ0) is 24.6. The number of allylic oxidation sites excluding steroid dienone is 4. The molecule has 0 aromatic rings. The Bertz CT molecular complexity index is 1010. The highest BCUT2D eigenvalue weighted by Crippen LogP contribution is 2.58. The lowest BCUT2D eigenvalue weighted by molar-refractivity contribution is -0.138. The number of rotatable bonds is 4. The third-order valence-electron chi connectivity index (χ3n) is 6.52. The van der Waals surface area contributed by atoms with Crippen molar-refractivity contribution in [1.29, 1.82) is 0 Å². The largest absolute Gasteiger partial charge is 0.463 e. The summed E-state index contributed by atoms with van der Waals surface area (Å²) in [5, 5.41) is 7.13. The minimum Gasteiger partial charge on any atom is -0.463 e. The minimum absolute atomic E-state index is 0.231. The van der Waals surface area contributed by atoms with Crippen LogP contribution in [0.2, 0.25) is 0 Å². The van der Waals surface area contributed by atoms with Gasteiger partial charge in [0.15, 0.2) is 0 Å². The van der Waals surface area contributed by atoms with Crippen molar-refractivity contribution in [1.82, 2.24) is 10.6 Å². The van der Waals surface area contributed by atoms with Crippen molar-refractivity contribution in [2.75, 3.05) is 13.2 Å². The number of carbonyl (C=O) groups is 2. The molecule has 2 N–H and O–H groups in total. The van der Waals surface area contributed by atoms with E-state index in [1.54, 1.807) is 13.0 Å². The van der Waals surface area contributed by atoms with Crippen LogP contribution in [0.4, 0.5) is 0 Å². The van der Waals surface area contributed by atoms with E-state index in [1.165, 1.54) is 22.8 Å². The standard InChI is InChI=1S/C27H38N2O4/c1-9-32-23(30)13-19-12-21-20(15-25(5,6)28-19)17(3)11-18(4)27(21)16-26(7,8)29-22(27)14-24(31)33-10-2/h11-14,28-29H,9-10,15-16H2,1-8H3/b19-13-,22-14-/t27-/m1/s1. The molecule has 1 saturated heterocycles. The molecule has 1 aliphatic carbocycles. The Kier molecular flexibility index (Phi) is 6.69. The third-order valence-corrected chi connectivity index (χ3v) is 6.52. The molecule has 0 bridgehead atoms. The third kappa shape index (κ3) is 4.94. The van der Waals surface area contributed by atoms with Crippen molar-refractivity contribution in [3.05, 3.63) is 58.0 Å². The average molecular weight is 455 g/mol. The van der Waals surface area contributed by atoms with Crippen molar-refractivity contribution in [2.24, 2.45) is 5.41 Å². The number of ether oxygens (including phenoxy) is 2. The first-order valence-corrected chi connectivity index (χ1v) is 11.8. The fourth-order valence-corrected chi connectivity index (χ4v) is 5.45. The summed E-state index contributed by atoms with van der Waals surface area (Å²) < 4.78 is 10.5. The quantitative estimate of drug-likeness (QED) is 0.477. The van der Waals surface area contributed by atoms with Gasteiger partial charge in [0.2, 0.25) is 0 Å². The van der Waals surface area contributed by atoms with Crippen molar-refractivity contribution in [3.63, 3.8) is 0 Å². The molecule has 1 spiro atoms. The summed E-state index contributed by atoms with van der Waals surface area (Å²) in [6, 6.07) is 0. The lowest BCUT2D eigenvalue weighted by Crippen LogP contribution is -2.38. The maximum absolute atomic E-state index is 12.5. The Morgan fingerprint density at radius 3 is 2.15 bits per heavy atom. The molecule has 2 aliphatic heterocycles. The molecule has 6 nitrogen and oxygen atoms in total. The minimum atomic E-state index is -0.513. The fourth-order valence-electron chi connectivity index (χ4n) is 5.45. The van der Waals surface area contributed by atoms with Gasteiger partial charge >= 0.3 is 11.9 Å². The Morgan fingerprint density at radius 2 is 1.55 bits per heavy atom. The summed E-state index contributed by atoms with van der Waals surface area (Å²) in [4.78, 5) is 24.9. The molecule has 0 unspecified atom stereocenters. The van der Waals surface area contributed by atoms with E-state index < -0.39 is 5.41 Å². The van der Waals surface area contributed by atoms with E-state index in [1.807, 2.05) is 6.92 Å². The van der Waals surface area contributed by atoms with Gasteiger partial charge in [0.25, 0.3) is 0 Å². The summed E-state index contributed by atoms with van der Waals surface area (Å²) >= 11 is 0. The second-order valence-electron chi connectivity index (χ2n) is 10.5. The number of hydrogen-bond donors (Lipinski definition) is 2. The van der Waals surface area contributed by atoms with Gasteiger partial charge in [-0.3, -0.25) is 0 Å². The predicted octanol–water partition coefficient (Wildman–Crippen LogP) is 4.61. The van der Waals surface area contributed by atoms with Gasteiger partial charge < -0.3 is 20.1 Å². The highest BCUT2D eigenvalue weighted by atomic mass is 16.5. The highest BCUT2D eigenvalue weighted by Gasteiger charge is 2.53. The van der Waals surface area contributed by atoms with Crippen molar-refractivity contribution >= 4 is 11.9 Å². The zero-order valence-electron chi connectivity index (χ0n) is 21.3. The van der Waals surface area contributed by atoms with Gasteiger partial charge in [-0.15, -0.1) is 0 Å². The van der Waals surface area contributed by atoms with Crippen LogP contribution in [0, 0.1) is 5.41 Å². The maximum Gasteiger partial charge on any atom is 0.332 e. The topological polar surface area (TPSA) is 76.7 Å². The van der Waals surface area contributed by atoms with Crippen LogP contribution in [0.1, 0.15) is 68.2 Å². The normalized spacial score (nSPS) is 27.9. The summed E-state index contributed by atoms with van der Waals surface area (Å²) in [6.45, 7) is 17.1. The van der Waals surface area contributed by atoms with Gasteiger partial charge in [-0.05, 0) is 91.0 Å². The first-order chi connectivity index (χ1) is 15.3. The van der Waals surface area contributed by atoms with Gasteiger partial charge in [-0.25, -0.2) is 9.59 Å². The molecule has 1 fully saturated rings. The van der Waals surface area contributed by atoms with E-state index in [2.05, 4.69) is 64.3 Å². The van der Waals surface area contributed by atoms with Crippen LogP contribution >= 0.6 is 0 Å². The Morgan fingerprint density at radius 1 is 0.939 bits per heavy atom. The lowest BCUT2D eigenvalue weighted by Gasteiger charge is -2.40. The molecule has 0 aromatic heterocycles. The Hall–Kier alpha value is -2.76. The van der Waals surface area contributed by atoms with Gasteiger partial charge in [0.1, 0.15) is 0 Å². The molecule has 3 rings (SSSR count). The average Bonchev–Trinajstić information content (AvgIpc) is 2.84. The van der Waals surface area contributed by atoms with Crippen molar-refractivity contribution < 1.29 is 19.1 Å². The van der Waals surface area contributed by atoms with E-state index in [9.17, 15) is 9.59 Å². The number of carbonyl (C=O) groups excluding carboxylic acids is 2. The van der Waals surface area contributed by atoms with Crippen LogP contribution in [0.15, 0.2) is 58.0 Å². The van der Waals surface area contributed by atoms with Crippen LogP contribution in [-0.4, -0.2) is 36.2 Å². The molecular weight excluding hydrogens is 416 g/mol. The van der Waals surface area contributed by atoms with E-state index >= 15 is 0 Å². The molecule has 180 valence electrons. The van der Waals surface area contributed by atoms with Crippen molar-refractivity contribution in [3.8, 4) is 0 Å². The molecule has 0 saturated carbocycles.